The second-order valence-corrected chi connectivity index (χ2v) is 7.43. The highest BCUT2D eigenvalue weighted by molar-refractivity contribution is 5.53. The number of rotatable bonds is 9. The van der Waals surface area contributed by atoms with Crippen molar-refractivity contribution in [1.29, 1.82) is 0 Å². The normalized spacial score (nSPS) is 18.2. The second-order valence-electron chi connectivity index (χ2n) is 7.43. The molecule has 0 saturated heterocycles. The quantitative estimate of drug-likeness (QED) is 0.475. The van der Waals surface area contributed by atoms with Crippen LogP contribution in [0.3, 0.4) is 0 Å². The lowest BCUT2D eigenvalue weighted by molar-refractivity contribution is -0.275. The van der Waals surface area contributed by atoms with Gasteiger partial charge in [0, 0.05) is 5.56 Å². The number of ether oxygens (including phenoxy) is 3. The standard InChI is InChI=1S/C21H27F3O3/c1-15-18(25-13-4-9-16-5-2-6-16)10-11-19(20(15)27-21(22,23)24)26-14-12-17-7-3-8-17/h4,9-11,16-17H,2-3,5-8,12-14H2,1H3/b9-4+. The topological polar surface area (TPSA) is 27.7 Å². The fourth-order valence-electron chi connectivity index (χ4n) is 3.30. The van der Waals surface area contributed by atoms with Crippen LogP contribution >= 0.6 is 0 Å². The summed E-state index contributed by atoms with van der Waals surface area (Å²) < 4.78 is 54.1. The maximum absolute atomic E-state index is 12.9. The minimum Gasteiger partial charge on any atom is -0.490 e. The first-order valence-electron chi connectivity index (χ1n) is 9.74. The summed E-state index contributed by atoms with van der Waals surface area (Å²) in [5.74, 6) is 1.42. The predicted molar refractivity (Wildman–Crippen MR) is 97.3 cm³/mol. The Bertz CT molecular complexity index is 647. The highest BCUT2D eigenvalue weighted by atomic mass is 19.4. The van der Waals surface area contributed by atoms with Crippen LogP contribution in [0.1, 0.15) is 50.5 Å². The summed E-state index contributed by atoms with van der Waals surface area (Å²) in [7, 11) is 0. The Labute approximate surface area is 158 Å². The summed E-state index contributed by atoms with van der Waals surface area (Å²) in [6, 6.07) is 3.15. The molecule has 1 aromatic carbocycles. The lowest BCUT2D eigenvalue weighted by Gasteiger charge is -2.25. The van der Waals surface area contributed by atoms with Crippen molar-refractivity contribution in [1.82, 2.24) is 0 Å². The summed E-state index contributed by atoms with van der Waals surface area (Å²) in [5, 5.41) is 0. The van der Waals surface area contributed by atoms with E-state index in [1.54, 1.807) is 13.0 Å². The maximum atomic E-state index is 12.9. The van der Waals surface area contributed by atoms with Crippen LogP contribution in [0.25, 0.3) is 0 Å². The first-order valence-corrected chi connectivity index (χ1v) is 9.74. The Morgan fingerprint density at radius 1 is 1.04 bits per heavy atom. The summed E-state index contributed by atoms with van der Waals surface area (Å²) >= 11 is 0. The molecule has 27 heavy (non-hydrogen) atoms. The highest BCUT2D eigenvalue weighted by Gasteiger charge is 2.34. The smallest absolute Gasteiger partial charge is 0.490 e. The van der Waals surface area contributed by atoms with Gasteiger partial charge in [0.25, 0.3) is 0 Å². The van der Waals surface area contributed by atoms with Crippen LogP contribution < -0.4 is 14.2 Å². The molecule has 0 amide bonds. The van der Waals surface area contributed by atoms with Gasteiger partial charge in [0.15, 0.2) is 11.5 Å². The van der Waals surface area contributed by atoms with Crippen LogP contribution in [-0.2, 0) is 0 Å². The Balaban J connectivity index is 1.64. The first kappa shape index (κ1) is 19.9. The van der Waals surface area contributed by atoms with Crippen molar-refractivity contribution in [3.63, 3.8) is 0 Å². The molecule has 0 heterocycles. The molecule has 0 aliphatic heterocycles. The van der Waals surface area contributed by atoms with E-state index >= 15 is 0 Å². The molecule has 2 aliphatic carbocycles. The molecule has 2 fully saturated rings. The van der Waals surface area contributed by atoms with E-state index in [9.17, 15) is 13.2 Å². The fraction of sp³-hybridized carbons (Fsp3) is 0.619. The largest absolute Gasteiger partial charge is 0.573 e. The van der Waals surface area contributed by atoms with Gasteiger partial charge in [-0.05, 0) is 50.2 Å². The zero-order valence-corrected chi connectivity index (χ0v) is 15.7. The van der Waals surface area contributed by atoms with E-state index in [2.05, 4.69) is 10.8 Å². The zero-order valence-electron chi connectivity index (χ0n) is 15.7. The number of benzene rings is 1. The summed E-state index contributed by atoms with van der Waals surface area (Å²) in [5.41, 5.74) is 0.297. The van der Waals surface area contributed by atoms with Gasteiger partial charge in [0.2, 0.25) is 0 Å². The SMILES string of the molecule is Cc1c(OC/C=C/C2CCC2)ccc(OCCC2CCC2)c1OC(F)(F)F. The van der Waals surface area contributed by atoms with Crippen molar-refractivity contribution in [3.05, 3.63) is 29.8 Å². The molecule has 2 saturated carbocycles. The molecule has 0 radical (unpaired) electrons. The van der Waals surface area contributed by atoms with Crippen molar-refractivity contribution < 1.29 is 27.4 Å². The second kappa shape index (κ2) is 8.89. The molecule has 0 unspecified atom stereocenters. The molecule has 0 N–H and O–H groups in total. The lowest BCUT2D eigenvalue weighted by Crippen LogP contribution is -2.19. The van der Waals surface area contributed by atoms with Crippen molar-refractivity contribution in [2.24, 2.45) is 11.8 Å². The van der Waals surface area contributed by atoms with Gasteiger partial charge in [-0.1, -0.05) is 37.8 Å². The predicted octanol–water partition coefficient (Wildman–Crippen LogP) is 6.20. The summed E-state index contributed by atoms with van der Waals surface area (Å²) in [6.07, 6.45) is 7.36. The van der Waals surface area contributed by atoms with E-state index in [0.29, 0.717) is 36.4 Å². The Morgan fingerprint density at radius 2 is 1.74 bits per heavy atom. The van der Waals surface area contributed by atoms with Crippen LogP contribution in [0.15, 0.2) is 24.3 Å². The molecule has 3 nitrogen and oxygen atoms in total. The number of halogens is 3. The van der Waals surface area contributed by atoms with Gasteiger partial charge < -0.3 is 14.2 Å². The van der Waals surface area contributed by atoms with E-state index in [4.69, 9.17) is 9.47 Å². The molecule has 150 valence electrons. The van der Waals surface area contributed by atoms with Gasteiger partial charge in [-0.15, -0.1) is 13.2 Å². The van der Waals surface area contributed by atoms with Crippen LogP contribution in [0.2, 0.25) is 0 Å². The van der Waals surface area contributed by atoms with Crippen molar-refractivity contribution in [2.45, 2.75) is 58.2 Å². The number of hydrogen-bond donors (Lipinski definition) is 0. The van der Waals surface area contributed by atoms with Gasteiger partial charge >= 0.3 is 6.36 Å². The molecular weight excluding hydrogens is 357 g/mol. The minimum absolute atomic E-state index is 0.113. The van der Waals surface area contributed by atoms with E-state index < -0.39 is 6.36 Å². The average Bonchev–Trinajstić information content (AvgIpc) is 2.51. The lowest BCUT2D eigenvalue weighted by atomic mass is 9.83. The van der Waals surface area contributed by atoms with E-state index in [-0.39, 0.29) is 11.5 Å². The van der Waals surface area contributed by atoms with E-state index in [0.717, 1.165) is 6.42 Å². The Morgan fingerprint density at radius 3 is 2.33 bits per heavy atom. The molecule has 0 atom stereocenters. The number of alkyl halides is 3. The number of hydrogen-bond acceptors (Lipinski definition) is 3. The van der Waals surface area contributed by atoms with Crippen LogP contribution in [0.4, 0.5) is 13.2 Å². The monoisotopic (exact) mass is 384 g/mol. The van der Waals surface area contributed by atoms with Crippen LogP contribution in [0, 0.1) is 18.8 Å². The van der Waals surface area contributed by atoms with Crippen molar-refractivity contribution in [2.75, 3.05) is 13.2 Å². The zero-order chi connectivity index (χ0) is 19.3. The van der Waals surface area contributed by atoms with Gasteiger partial charge in [-0.2, -0.15) is 0 Å². The van der Waals surface area contributed by atoms with Crippen LogP contribution in [0.5, 0.6) is 17.2 Å². The van der Waals surface area contributed by atoms with Gasteiger partial charge in [-0.25, -0.2) is 0 Å². The van der Waals surface area contributed by atoms with Crippen molar-refractivity contribution >= 4 is 0 Å². The number of allylic oxidation sites excluding steroid dienone is 1. The Hall–Kier alpha value is -1.85. The van der Waals surface area contributed by atoms with E-state index in [1.807, 2.05) is 6.08 Å². The molecule has 0 spiro atoms. The Kier molecular flexibility index (Phi) is 6.55. The third-order valence-corrected chi connectivity index (χ3v) is 5.44. The van der Waals surface area contributed by atoms with Crippen LogP contribution in [-0.4, -0.2) is 19.6 Å². The third kappa shape index (κ3) is 5.81. The van der Waals surface area contributed by atoms with Gasteiger partial charge in [0.1, 0.15) is 12.4 Å². The molecular formula is C21H27F3O3. The highest BCUT2D eigenvalue weighted by Crippen LogP contribution is 2.40. The first-order chi connectivity index (χ1) is 12.9. The molecule has 1 aromatic rings. The van der Waals surface area contributed by atoms with Gasteiger partial charge in [-0.3, -0.25) is 0 Å². The third-order valence-electron chi connectivity index (χ3n) is 5.44. The minimum atomic E-state index is -4.78. The summed E-state index contributed by atoms with van der Waals surface area (Å²) in [4.78, 5) is 0. The molecule has 3 rings (SSSR count). The average molecular weight is 384 g/mol. The summed E-state index contributed by atoms with van der Waals surface area (Å²) in [6.45, 7) is 2.28. The molecule has 6 heteroatoms. The molecule has 0 bridgehead atoms. The molecule has 0 aromatic heterocycles. The van der Waals surface area contributed by atoms with Crippen molar-refractivity contribution in [3.8, 4) is 17.2 Å². The van der Waals surface area contributed by atoms with E-state index in [1.165, 1.54) is 44.6 Å². The van der Waals surface area contributed by atoms with Gasteiger partial charge in [0.05, 0.1) is 6.61 Å². The maximum Gasteiger partial charge on any atom is 0.573 e. The fourth-order valence-corrected chi connectivity index (χ4v) is 3.30. The molecule has 2 aliphatic rings.